The first-order valence-electron chi connectivity index (χ1n) is 19.5. The monoisotopic (exact) mass is 1030 g/mol. The summed E-state index contributed by atoms with van der Waals surface area (Å²) in [6, 6.07) is 5.47. The highest BCUT2D eigenvalue weighted by Gasteiger charge is 2.22. The number of aromatic nitrogens is 8. The number of nitrogens with zero attached hydrogens (tertiary/aromatic N) is 11. The maximum Gasteiger partial charge on any atom is 0.181 e. The molecule has 0 saturated carbocycles. The van der Waals surface area contributed by atoms with Gasteiger partial charge in [0.2, 0.25) is 0 Å². The maximum absolute atomic E-state index is 6.19. The van der Waals surface area contributed by atoms with Crippen molar-refractivity contribution in [2.75, 3.05) is 49.7 Å². The minimum absolute atomic E-state index is 0. The summed E-state index contributed by atoms with van der Waals surface area (Å²) in [5, 5.41) is 5.44. The van der Waals surface area contributed by atoms with Crippen molar-refractivity contribution in [3.05, 3.63) is 68.0 Å². The Labute approximate surface area is 373 Å². The number of likely N-dealkylation sites (tertiary alicyclic amines) is 2. The van der Waals surface area contributed by atoms with Gasteiger partial charge >= 0.3 is 0 Å². The van der Waals surface area contributed by atoms with Crippen molar-refractivity contribution in [1.29, 1.82) is 0 Å². The molecule has 57 heavy (non-hydrogen) atoms. The van der Waals surface area contributed by atoms with Crippen LogP contribution in [0.15, 0.2) is 41.5 Å². The molecule has 13 nitrogen and oxygen atoms in total. The van der Waals surface area contributed by atoms with E-state index in [4.69, 9.17) is 14.1 Å². The van der Waals surface area contributed by atoms with Gasteiger partial charge in [0.1, 0.15) is 25.0 Å². The molecule has 2 aliphatic heterocycles. The lowest BCUT2D eigenvalue weighted by Gasteiger charge is -2.25. The molecule has 2 saturated heterocycles. The van der Waals surface area contributed by atoms with Gasteiger partial charge in [0.15, 0.2) is 22.9 Å². The van der Waals surface area contributed by atoms with Gasteiger partial charge in [-0.05, 0) is 145 Å². The first-order valence-corrected chi connectivity index (χ1v) is 26.6. The predicted molar refractivity (Wildman–Crippen MR) is 250 cm³/mol. The summed E-state index contributed by atoms with van der Waals surface area (Å²) in [7, 11) is -1.15. The molecular formula is C38H53BrClIN12OS2Si. The van der Waals surface area contributed by atoms with E-state index in [9.17, 15) is 0 Å². The average molecular weight is 1030 g/mol. The van der Waals surface area contributed by atoms with Crippen molar-refractivity contribution < 1.29 is 4.74 Å². The van der Waals surface area contributed by atoms with Gasteiger partial charge in [0.25, 0.3) is 0 Å². The third-order valence-electron chi connectivity index (χ3n) is 9.87. The lowest BCUT2D eigenvalue weighted by Crippen LogP contribution is -2.29. The van der Waals surface area contributed by atoms with Gasteiger partial charge in [-0.2, -0.15) is 8.75 Å². The van der Waals surface area contributed by atoms with E-state index in [2.05, 4.69) is 114 Å². The van der Waals surface area contributed by atoms with E-state index < -0.39 is 8.07 Å². The molecule has 0 spiro atoms. The molecule has 8 heterocycles. The van der Waals surface area contributed by atoms with Crippen LogP contribution in [0.5, 0.6) is 0 Å². The maximum atomic E-state index is 6.19. The number of halogens is 3. The molecule has 2 aliphatic rings. The summed E-state index contributed by atoms with van der Waals surface area (Å²) >= 11 is 8.83. The predicted octanol–water partition coefficient (Wildman–Crippen LogP) is 9.94. The van der Waals surface area contributed by atoms with Crippen LogP contribution in [0, 0.1) is 17.5 Å². The van der Waals surface area contributed by atoms with Crippen LogP contribution in [0.1, 0.15) is 61.3 Å². The van der Waals surface area contributed by atoms with Gasteiger partial charge in [-0.1, -0.05) is 32.5 Å². The molecule has 0 radical (unpaired) electrons. The second-order valence-corrected chi connectivity index (χ2v) is 25.0. The first-order chi connectivity index (χ1) is 27.0. The van der Waals surface area contributed by atoms with Gasteiger partial charge in [0.05, 0.1) is 35.2 Å². The highest BCUT2D eigenvalue weighted by atomic mass is 127. The zero-order valence-corrected chi connectivity index (χ0v) is 40.6. The number of nitrogens with one attached hydrogen (secondary N) is 1. The molecule has 8 rings (SSSR count). The average Bonchev–Trinajstić information content (AvgIpc) is 3.98. The van der Waals surface area contributed by atoms with Gasteiger partial charge in [0, 0.05) is 40.2 Å². The van der Waals surface area contributed by atoms with Crippen LogP contribution in [-0.4, -0.2) is 94.9 Å². The molecular weight excluding hydrogens is 975 g/mol. The number of anilines is 4. The lowest BCUT2D eigenvalue weighted by molar-refractivity contribution is 0.153. The minimum Gasteiger partial charge on any atom is -0.361 e. The Morgan fingerprint density at radius 1 is 0.825 bits per heavy atom. The summed E-state index contributed by atoms with van der Waals surface area (Å²) in [5.41, 5.74) is 5.78. The molecule has 0 aliphatic carbocycles. The van der Waals surface area contributed by atoms with Crippen LogP contribution in [0.4, 0.5) is 21.6 Å². The van der Waals surface area contributed by atoms with Crippen LogP contribution < -0.4 is 10.2 Å². The van der Waals surface area contributed by atoms with Crippen LogP contribution in [0.3, 0.4) is 0 Å². The molecule has 0 amide bonds. The van der Waals surface area contributed by atoms with E-state index in [0.717, 1.165) is 89.8 Å². The van der Waals surface area contributed by atoms with Crippen LogP contribution >= 0.6 is 74.0 Å². The highest BCUT2D eigenvalue weighted by molar-refractivity contribution is 14.1. The van der Waals surface area contributed by atoms with Crippen LogP contribution in [-0.2, 0) is 17.8 Å². The Morgan fingerprint density at radius 2 is 1.44 bits per heavy atom. The zero-order chi connectivity index (χ0) is 39.2. The molecule has 6 aromatic rings. The Bertz CT molecular complexity index is 2210. The van der Waals surface area contributed by atoms with E-state index in [1.165, 1.54) is 87.8 Å². The van der Waals surface area contributed by atoms with Gasteiger partial charge in [-0.25, -0.2) is 19.9 Å². The van der Waals surface area contributed by atoms with Gasteiger partial charge in [-0.3, -0.25) is 23.5 Å². The SMILES string of the molecule is Cc1cn2c(Br)cnc2c(Nc2cc(CN3CCCCC3)ns2)n1.Cc1cn2c(I)cnc2c(N(COCC[Si](C)(C)C)c2cc(CN3CCCCC3)ns2)n1.Cl. The van der Waals surface area contributed by atoms with Gasteiger partial charge < -0.3 is 10.1 Å². The van der Waals surface area contributed by atoms with Crippen molar-refractivity contribution in [3.8, 4) is 0 Å². The topological polar surface area (TPSA) is 117 Å². The van der Waals surface area contributed by atoms with Crippen molar-refractivity contribution in [2.24, 2.45) is 0 Å². The van der Waals surface area contributed by atoms with E-state index in [0.29, 0.717) is 6.73 Å². The van der Waals surface area contributed by atoms with E-state index in [-0.39, 0.29) is 12.4 Å². The Hall–Kier alpha value is -2.30. The molecule has 1 N–H and O–H groups in total. The van der Waals surface area contributed by atoms with Crippen LogP contribution in [0.25, 0.3) is 11.3 Å². The molecule has 6 aromatic heterocycles. The zero-order valence-electron chi connectivity index (χ0n) is 33.4. The summed E-state index contributed by atoms with van der Waals surface area (Å²) in [6.07, 6.45) is 15.6. The lowest BCUT2D eigenvalue weighted by atomic mass is 10.1. The number of rotatable bonds is 13. The molecule has 308 valence electrons. The summed E-state index contributed by atoms with van der Waals surface area (Å²) in [4.78, 5) is 25.7. The Kier molecular flexibility index (Phi) is 15.8. The number of fused-ring (bicyclic) bond motifs is 2. The fraction of sp³-hybridized carbons (Fsp3) is 0.526. The summed E-state index contributed by atoms with van der Waals surface area (Å²) < 4.78 is 21.6. The van der Waals surface area contributed by atoms with E-state index in [1.54, 1.807) is 6.20 Å². The standard InChI is InChI=1S/C22H33IN6OSSi.C16H19BrN6S.ClH/c1-17-14-28-19(23)13-24-21(28)22(25-17)29(16-30-10-11-32(2,3)4)20-12-18(26-31-20)15-27-8-6-5-7-9-27;1-11-9-23-13(17)8-18-16(23)15(19-11)20-14-7-12(21-24-14)10-22-5-3-2-4-6-22;/h12-14H,5-11,15-16H2,1-4H3;7-9H,2-6,10H2,1H3,(H,19,20);1H. The second-order valence-electron chi connectivity index (χ2n) is 15.9. The third-order valence-corrected chi connectivity index (χ3v) is 14.6. The molecule has 0 atom stereocenters. The van der Waals surface area contributed by atoms with E-state index in [1.807, 2.05) is 36.8 Å². The second kappa shape index (κ2) is 20.3. The Morgan fingerprint density at radius 3 is 2.12 bits per heavy atom. The Balaban J connectivity index is 0.000000196. The van der Waals surface area contributed by atoms with Crippen molar-refractivity contribution in [1.82, 2.24) is 47.3 Å². The normalized spacial score (nSPS) is 15.4. The van der Waals surface area contributed by atoms with Crippen molar-refractivity contribution in [2.45, 2.75) is 91.1 Å². The summed E-state index contributed by atoms with van der Waals surface area (Å²) in [6.45, 7) is 18.9. The molecule has 19 heteroatoms. The number of aryl methyl sites for hydroxylation is 2. The molecule has 2 fully saturated rings. The number of piperidine rings is 2. The number of imidazole rings is 2. The van der Waals surface area contributed by atoms with Crippen LogP contribution in [0.2, 0.25) is 25.7 Å². The molecule has 0 bridgehead atoms. The third kappa shape index (κ3) is 11.9. The fourth-order valence-electron chi connectivity index (χ4n) is 6.93. The first kappa shape index (κ1) is 44.3. The minimum atomic E-state index is -1.15. The van der Waals surface area contributed by atoms with Gasteiger partial charge in [-0.15, -0.1) is 12.4 Å². The highest BCUT2D eigenvalue weighted by Crippen LogP contribution is 2.33. The molecule has 0 aromatic carbocycles. The molecule has 0 unspecified atom stereocenters. The number of hydrogen-bond acceptors (Lipinski definition) is 13. The largest absolute Gasteiger partial charge is 0.361 e. The number of ether oxygens (including phenoxy) is 1. The quantitative estimate of drug-likeness (QED) is 0.0516. The summed E-state index contributed by atoms with van der Waals surface area (Å²) in [5.74, 6) is 1.59. The smallest absolute Gasteiger partial charge is 0.181 e. The van der Waals surface area contributed by atoms with Crippen molar-refractivity contribution >= 4 is 115 Å². The van der Waals surface area contributed by atoms with E-state index >= 15 is 0 Å². The fourth-order valence-corrected chi connectivity index (χ4v) is 9.97. The van der Waals surface area contributed by atoms with Crippen molar-refractivity contribution in [3.63, 3.8) is 0 Å². The number of hydrogen-bond donors (Lipinski definition) is 1.